The molecular formula is C21H23N3OS. The average molecular weight is 366 g/mol. The van der Waals surface area contributed by atoms with Crippen molar-refractivity contribution in [1.29, 1.82) is 0 Å². The lowest BCUT2D eigenvalue weighted by atomic mass is 10.1. The SMILES string of the molecule is C=Nc1cc(-c2ccc(CCN3CCCC3=O)cn2)sc1C(=C)C1CC1. The third-order valence-corrected chi connectivity index (χ3v) is 6.39. The summed E-state index contributed by atoms with van der Waals surface area (Å²) >= 11 is 1.70. The Labute approximate surface area is 158 Å². The summed E-state index contributed by atoms with van der Waals surface area (Å²) < 4.78 is 0. The van der Waals surface area contributed by atoms with E-state index in [4.69, 9.17) is 0 Å². The molecule has 1 saturated heterocycles. The molecule has 1 aliphatic carbocycles. The smallest absolute Gasteiger partial charge is 0.222 e. The summed E-state index contributed by atoms with van der Waals surface area (Å²) in [7, 11) is 0. The van der Waals surface area contributed by atoms with Crippen LogP contribution in [0.25, 0.3) is 16.1 Å². The van der Waals surface area contributed by atoms with Gasteiger partial charge in [0.2, 0.25) is 5.91 Å². The van der Waals surface area contributed by atoms with Gasteiger partial charge in [0, 0.05) is 25.7 Å². The maximum absolute atomic E-state index is 11.7. The first-order valence-electron chi connectivity index (χ1n) is 9.18. The Hall–Kier alpha value is -2.27. The minimum atomic E-state index is 0.279. The molecule has 0 aromatic carbocycles. The second-order valence-corrected chi connectivity index (χ2v) is 8.12. The lowest BCUT2D eigenvalue weighted by molar-refractivity contribution is -0.127. The van der Waals surface area contributed by atoms with Crippen molar-refractivity contribution in [1.82, 2.24) is 9.88 Å². The van der Waals surface area contributed by atoms with E-state index >= 15 is 0 Å². The van der Waals surface area contributed by atoms with Gasteiger partial charge in [-0.2, -0.15) is 0 Å². The van der Waals surface area contributed by atoms with Gasteiger partial charge in [0.25, 0.3) is 0 Å². The van der Waals surface area contributed by atoms with Crippen molar-refractivity contribution >= 4 is 35.2 Å². The van der Waals surface area contributed by atoms with Gasteiger partial charge < -0.3 is 4.90 Å². The van der Waals surface area contributed by atoms with Crippen LogP contribution in [0.3, 0.4) is 0 Å². The molecule has 5 heteroatoms. The Kier molecular flexibility index (Phi) is 4.72. The number of aliphatic imine (C=N–C) groups is 1. The third kappa shape index (κ3) is 3.49. The van der Waals surface area contributed by atoms with Gasteiger partial charge in [-0.15, -0.1) is 11.3 Å². The lowest BCUT2D eigenvalue weighted by Crippen LogP contribution is -2.26. The van der Waals surface area contributed by atoms with Crippen LogP contribution >= 0.6 is 11.3 Å². The number of nitrogens with zero attached hydrogens (tertiary/aromatic N) is 3. The summed E-state index contributed by atoms with van der Waals surface area (Å²) in [6.07, 6.45) is 6.93. The van der Waals surface area contributed by atoms with Crippen LogP contribution in [0.1, 0.15) is 36.1 Å². The summed E-state index contributed by atoms with van der Waals surface area (Å²) in [6.45, 7) is 9.64. The molecule has 0 unspecified atom stereocenters. The summed E-state index contributed by atoms with van der Waals surface area (Å²) in [5.74, 6) is 0.895. The second kappa shape index (κ2) is 7.16. The Morgan fingerprint density at radius 3 is 2.85 bits per heavy atom. The summed E-state index contributed by atoms with van der Waals surface area (Å²) in [6, 6.07) is 6.23. The van der Waals surface area contributed by atoms with Crippen molar-refractivity contribution < 1.29 is 4.79 Å². The van der Waals surface area contributed by atoms with E-state index in [2.05, 4.69) is 41.5 Å². The van der Waals surface area contributed by atoms with E-state index in [-0.39, 0.29) is 5.91 Å². The van der Waals surface area contributed by atoms with Gasteiger partial charge >= 0.3 is 0 Å². The molecular weight excluding hydrogens is 342 g/mol. The number of amides is 1. The van der Waals surface area contributed by atoms with Gasteiger partial charge in [-0.25, -0.2) is 0 Å². The molecule has 0 bridgehead atoms. The Morgan fingerprint density at radius 2 is 2.23 bits per heavy atom. The molecule has 2 aromatic heterocycles. The lowest BCUT2D eigenvalue weighted by Gasteiger charge is -2.14. The molecule has 1 aliphatic heterocycles. The van der Waals surface area contributed by atoms with Crippen molar-refractivity contribution in [2.45, 2.75) is 32.1 Å². The first kappa shape index (κ1) is 17.2. The van der Waals surface area contributed by atoms with Crippen LogP contribution < -0.4 is 0 Å². The number of carbonyl (C=O) groups is 1. The molecule has 0 radical (unpaired) electrons. The van der Waals surface area contributed by atoms with E-state index in [1.807, 2.05) is 11.1 Å². The molecule has 4 nitrogen and oxygen atoms in total. The number of rotatable bonds is 7. The second-order valence-electron chi connectivity index (χ2n) is 7.07. The molecule has 0 atom stereocenters. The highest BCUT2D eigenvalue weighted by molar-refractivity contribution is 7.17. The van der Waals surface area contributed by atoms with E-state index < -0.39 is 0 Å². The zero-order valence-electron chi connectivity index (χ0n) is 14.9. The van der Waals surface area contributed by atoms with Crippen molar-refractivity contribution in [2.24, 2.45) is 10.9 Å². The van der Waals surface area contributed by atoms with Crippen LogP contribution in [-0.2, 0) is 11.2 Å². The number of pyridine rings is 1. The summed E-state index contributed by atoms with van der Waals surface area (Å²) in [5.41, 5.74) is 4.22. The Morgan fingerprint density at radius 1 is 1.38 bits per heavy atom. The normalized spacial score (nSPS) is 16.9. The first-order valence-corrected chi connectivity index (χ1v) is 10.00. The number of allylic oxidation sites excluding steroid dienone is 1. The molecule has 1 amide bonds. The number of likely N-dealkylation sites (tertiary alicyclic amines) is 1. The highest BCUT2D eigenvalue weighted by Crippen LogP contribution is 2.48. The molecule has 26 heavy (non-hydrogen) atoms. The maximum Gasteiger partial charge on any atom is 0.222 e. The van der Waals surface area contributed by atoms with Gasteiger partial charge in [0.1, 0.15) is 0 Å². The minimum Gasteiger partial charge on any atom is -0.342 e. The zero-order chi connectivity index (χ0) is 18.1. The van der Waals surface area contributed by atoms with E-state index in [0.717, 1.165) is 52.6 Å². The van der Waals surface area contributed by atoms with Gasteiger partial charge in [-0.1, -0.05) is 12.6 Å². The molecule has 0 N–H and O–H groups in total. The van der Waals surface area contributed by atoms with E-state index in [1.165, 1.54) is 18.4 Å². The van der Waals surface area contributed by atoms with Gasteiger partial charge in [0.05, 0.1) is 21.1 Å². The highest BCUT2D eigenvalue weighted by atomic mass is 32.1. The van der Waals surface area contributed by atoms with E-state index in [1.54, 1.807) is 11.3 Å². The fourth-order valence-electron chi connectivity index (χ4n) is 3.39. The predicted molar refractivity (Wildman–Crippen MR) is 108 cm³/mol. The van der Waals surface area contributed by atoms with Crippen LogP contribution in [0.2, 0.25) is 0 Å². The molecule has 134 valence electrons. The van der Waals surface area contributed by atoms with Crippen LogP contribution in [0.15, 0.2) is 36.0 Å². The predicted octanol–water partition coefficient (Wildman–Crippen LogP) is 4.73. The van der Waals surface area contributed by atoms with Crippen molar-refractivity contribution in [3.63, 3.8) is 0 Å². The Bertz CT molecular complexity index is 849. The minimum absolute atomic E-state index is 0.279. The Balaban J connectivity index is 1.47. The molecule has 2 aliphatic rings. The monoisotopic (exact) mass is 365 g/mol. The molecule has 3 heterocycles. The largest absolute Gasteiger partial charge is 0.342 e. The first-order chi connectivity index (χ1) is 12.7. The fraction of sp³-hybridized carbons (Fsp3) is 0.381. The number of hydrogen-bond donors (Lipinski definition) is 0. The molecule has 2 fully saturated rings. The van der Waals surface area contributed by atoms with Crippen LogP contribution in [0.4, 0.5) is 5.69 Å². The quantitative estimate of drug-likeness (QED) is 0.666. The van der Waals surface area contributed by atoms with Crippen molar-refractivity contribution in [3.05, 3.63) is 41.4 Å². The number of aromatic nitrogens is 1. The molecule has 4 rings (SSSR count). The highest BCUT2D eigenvalue weighted by Gasteiger charge is 2.28. The molecule has 2 aromatic rings. The fourth-order valence-corrected chi connectivity index (χ4v) is 4.54. The van der Waals surface area contributed by atoms with Crippen molar-refractivity contribution in [3.8, 4) is 10.6 Å². The third-order valence-electron chi connectivity index (χ3n) is 5.16. The van der Waals surface area contributed by atoms with Crippen LogP contribution in [-0.4, -0.2) is 35.6 Å². The number of thiophene rings is 1. The average Bonchev–Trinajstić information content (AvgIpc) is 3.30. The number of hydrogen-bond acceptors (Lipinski definition) is 4. The summed E-state index contributed by atoms with van der Waals surface area (Å²) in [5, 5.41) is 0. The van der Waals surface area contributed by atoms with E-state index in [9.17, 15) is 4.79 Å². The van der Waals surface area contributed by atoms with Gasteiger partial charge in [0.15, 0.2) is 0 Å². The zero-order valence-corrected chi connectivity index (χ0v) is 15.7. The topological polar surface area (TPSA) is 45.6 Å². The summed E-state index contributed by atoms with van der Waals surface area (Å²) in [4.78, 5) is 24.7. The van der Waals surface area contributed by atoms with Gasteiger partial charge in [-0.3, -0.25) is 14.8 Å². The maximum atomic E-state index is 11.7. The molecule has 1 saturated carbocycles. The molecule has 0 spiro atoms. The van der Waals surface area contributed by atoms with Crippen LogP contribution in [0, 0.1) is 5.92 Å². The van der Waals surface area contributed by atoms with Crippen LogP contribution in [0.5, 0.6) is 0 Å². The number of carbonyl (C=O) groups excluding carboxylic acids is 1. The standard InChI is InChI=1S/C21H23N3OS/c1-14(16-6-7-16)21-18(22-2)12-19(26-21)17-8-5-15(13-23-17)9-11-24-10-3-4-20(24)25/h5,8,12-13,16H,1-4,6-7,9-11H2. The van der Waals surface area contributed by atoms with Gasteiger partial charge in [-0.05, 0) is 61.6 Å². The van der Waals surface area contributed by atoms with E-state index in [0.29, 0.717) is 12.3 Å². The van der Waals surface area contributed by atoms with Crippen molar-refractivity contribution in [2.75, 3.05) is 13.1 Å².